The van der Waals surface area contributed by atoms with E-state index in [9.17, 15) is 10.1 Å². The van der Waals surface area contributed by atoms with Crippen molar-refractivity contribution in [3.8, 4) is 11.8 Å². The van der Waals surface area contributed by atoms with Gasteiger partial charge in [0.1, 0.15) is 11.6 Å². The summed E-state index contributed by atoms with van der Waals surface area (Å²) >= 11 is 5.86. The van der Waals surface area contributed by atoms with Crippen molar-refractivity contribution >= 4 is 34.6 Å². The summed E-state index contributed by atoms with van der Waals surface area (Å²) in [4.78, 5) is 23.8. The van der Waals surface area contributed by atoms with E-state index in [4.69, 9.17) is 17.0 Å². The van der Waals surface area contributed by atoms with Crippen molar-refractivity contribution in [2.24, 2.45) is 5.92 Å². The molecule has 5 rings (SSSR count). The second-order valence-corrected chi connectivity index (χ2v) is 9.98. The van der Waals surface area contributed by atoms with Gasteiger partial charge in [-0.05, 0) is 94.5 Å². The molecule has 3 aliphatic rings. The van der Waals surface area contributed by atoms with Crippen LogP contribution < -0.4 is 14.5 Å². The van der Waals surface area contributed by atoms with Gasteiger partial charge in [-0.15, -0.1) is 0 Å². The lowest BCUT2D eigenvalue weighted by atomic mass is 9.75. The highest BCUT2D eigenvalue weighted by molar-refractivity contribution is 7.81. The number of carbonyl (C=O) groups excluding carboxylic acids is 1. The van der Waals surface area contributed by atoms with Crippen LogP contribution in [0.15, 0.2) is 36.5 Å². The van der Waals surface area contributed by atoms with Crippen LogP contribution in [0.5, 0.6) is 5.75 Å². The first-order valence-corrected chi connectivity index (χ1v) is 12.3. The van der Waals surface area contributed by atoms with E-state index in [1.165, 1.54) is 44.8 Å². The van der Waals surface area contributed by atoms with Crippen molar-refractivity contribution in [3.05, 3.63) is 47.8 Å². The molecule has 1 aliphatic carbocycles. The van der Waals surface area contributed by atoms with E-state index in [-0.39, 0.29) is 11.6 Å². The fraction of sp³-hybridized carbons (Fsp3) is 0.462. The Hall–Kier alpha value is -3.02. The van der Waals surface area contributed by atoms with E-state index in [0.29, 0.717) is 16.5 Å². The maximum Gasteiger partial charge on any atom is 0.259 e. The lowest BCUT2D eigenvalue weighted by molar-refractivity contribution is -0.123. The van der Waals surface area contributed by atoms with Crippen LogP contribution in [-0.2, 0) is 11.2 Å². The molecule has 1 aromatic carbocycles. The summed E-state index contributed by atoms with van der Waals surface area (Å²) in [5.74, 6) is 1.02. The molecule has 1 amide bonds. The lowest BCUT2D eigenvalue weighted by Crippen LogP contribution is -2.55. The minimum Gasteiger partial charge on any atom is -0.494 e. The Kier molecular flexibility index (Phi) is 6.00. The van der Waals surface area contributed by atoms with Crippen molar-refractivity contribution in [1.29, 1.82) is 5.26 Å². The number of carbonyl (C=O) groups is 1. The van der Waals surface area contributed by atoms with Crippen molar-refractivity contribution in [2.45, 2.75) is 44.1 Å². The lowest BCUT2D eigenvalue weighted by Gasteiger charge is -2.43. The Balaban J connectivity index is 1.41. The number of pyridine rings is 1. The Morgan fingerprint density at radius 2 is 1.91 bits per heavy atom. The third-order valence-corrected chi connectivity index (χ3v) is 7.94. The Morgan fingerprint density at radius 1 is 1.21 bits per heavy atom. The average Bonchev–Trinajstić information content (AvgIpc) is 3.07. The fourth-order valence-electron chi connectivity index (χ4n) is 5.38. The molecule has 1 saturated carbocycles. The molecule has 0 radical (unpaired) electrons. The van der Waals surface area contributed by atoms with E-state index >= 15 is 0 Å². The van der Waals surface area contributed by atoms with E-state index in [1.807, 2.05) is 11.0 Å². The number of anilines is 2. The summed E-state index contributed by atoms with van der Waals surface area (Å²) < 4.78 is 5.31. The van der Waals surface area contributed by atoms with Crippen LogP contribution in [0.1, 0.15) is 43.4 Å². The molecule has 7 nitrogen and oxygen atoms in total. The predicted octanol–water partition coefficient (Wildman–Crippen LogP) is 3.91. The molecule has 2 aliphatic heterocycles. The summed E-state index contributed by atoms with van der Waals surface area (Å²) in [6, 6.07) is 12.2. The third kappa shape index (κ3) is 3.73. The zero-order valence-electron chi connectivity index (χ0n) is 19.7. The van der Waals surface area contributed by atoms with Gasteiger partial charge in [0.05, 0.1) is 19.0 Å². The largest absolute Gasteiger partial charge is 0.494 e. The number of piperidine rings is 1. The van der Waals surface area contributed by atoms with E-state index < -0.39 is 5.54 Å². The molecule has 0 N–H and O–H groups in total. The first-order valence-electron chi connectivity index (χ1n) is 11.9. The molecule has 1 aromatic heterocycles. The number of nitrogens with zero attached hydrogens (tertiary/aromatic N) is 5. The monoisotopic (exact) mass is 475 g/mol. The van der Waals surface area contributed by atoms with Crippen LogP contribution in [0.25, 0.3) is 0 Å². The van der Waals surface area contributed by atoms with Crippen molar-refractivity contribution in [2.75, 3.05) is 37.0 Å². The number of thiocarbonyl (C=S) groups is 1. The molecule has 34 heavy (non-hydrogen) atoms. The number of rotatable bonds is 5. The molecular formula is C26H29N5O2S. The van der Waals surface area contributed by atoms with Gasteiger partial charge >= 0.3 is 0 Å². The normalized spacial score (nSPS) is 20.5. The molecule has 3 fully saturated rings. The molecule has 0 unspecified atom stereocenters. The Morgan fingerprint density at radius 3 is 2.50 bits per heavy atom. The molecule has 1 spiro atoms. The van der Waals surface area contributed by atoms with Crippen molar-refractivity contribution < 1.29 is 9.53 Å². The van der Waals surface area contributed by atoms with Crippen LogP contribution in [0, 0.1) is 17.2 Å². The quantitative estimate of drug-likeness (QED) is 0.607. The topological polar surface area (TPSA) is 72.7 Å². The summed E-state index contributed by atoms with van der Waals surface area (Å²) in [7, 11) is 3.67. The van der Waals surface area contributed by atoms with Crippen LogP contribution in [0.3, 0.4) is 0 Å². The van der Waals surface area contributed by atoms with Gasteiger partial charge in [-0.2, -0.15) is 5.26 Å². The number of amides is 1. The molecule has 0 atom stereocenters. The van der Waals surface area contributed by atoms with E-state index in [1.54, 1.807) is 11.0 Å². The SMILES string of the molecule is COc1cc(N2C(=O)C3(CCC3)N(c3ccc(CC4CCN(C)CC4)cc3)C2=S)cnc1C#N. The number of aromatic nitrogens is 1. The van der Waals surface area contributed by atoms with Crippen molar-refractivity contribution in [1.82, 2.24) is 9.88 Å². The number of methoxy groups -OCH3 is 1. The molecule has 2 aromatic rings. The zero-order chi connectivity index (χ0) is 23.9. The molecule has 0 bridgehead atoms. The fourth-order valence-corrected chi connectivity index (χ4v) is 5.85. The Labute approximate surface area is 205 Å². The van der Waals surface area contributed by atoms with Crippen LogP contribution >= 0.6 is 12.2 Å². The van der Waals surface area contributed by atoms with Crippen LogP contribution in [0.4, 0.5) is 11.4 Å². The Bertz CT molecular complexity index is 1150. The molecule has 176 valence electrons. The van der Waals surface area contributed by atoms with Gasteiger partial charge in [0.25, 0.3) is 5.91 Å². The minimum atomic E-state index is -0.645. The maximum atomic E-state index is 13.7. The van der Waals surface area contributed by atoms with Crippen LogP contribution in [-0.4, -0.2) is 53.7 Å². The zero-order valence-corrected chi connectivity index (χ0v) is 20.5. The highest BCUT2D eigenvalue weighted by atomic mass is 32.1. The predicted molar refractivity (Wildman–Crippen MR) is 135 cm³/mol. The third-order valence-electron chi connectivity index (χ3n) is 7.57. The summed E-state index contributed by atoms with van der Waals surface area (Å²) in [5, 5.41) is 9.70. The van der Waals surface area contributed by atoms with Gasteiger partial charge in [-0.25, -0.2) is 4.98 Å². The summed E-state index contributed by atoms with van der Waals surface area (Å²) in [5.41, 5.74) is 2.34. The first-order chi connectivity index (χ1) is 16.5. The standard InChI is InChI=1S/C26H29N5O2S/c1-29-12-8-19(9-13-29)14-18-4-6-20(7-5-18)31-25(34)30(24(32)26(31)10-3-11-26)21-15-23(33-2)22(16-27)28-17-21/h4-7,15,17,19H,3,8-14H2,1-2H3. The number of likely N-dealkylation sites (tertiary alicyclic amines) is 1. The highest BCUT2D eigenvalue weighted by Gasteiger charge is 2.59. The second-order valence-electron chi connectivity index (χ2n) is 9.62. The number of benzene rings is 1. The van der Waals surface area contributed by atoms with E-state index in [2.05, 4.69) is 41.2 Å². The van der Waals surface area contributed by atoms with Gasteiger partial charge in [0.2, 0.25) is 0 Å². The van der Waals surface area contributed by atoms with Gasteiger partial charge in [0.15, 0.2) is 16.6 Å². The van der Waals surface area contributed by atoms with Gasteiger partial charge in [0, 0.05) is 11.8 Å². The van der Waals surface area contributed by atoms with Gasteiger partial charge in [-0.3, -0.25) is 9.69 Å². The molecule has 3 heterocycles. The summed E-state index contributed by atoms with van der Waals surface area (Å²) in [6.45, 7) is 2.33. The van der Waals surface area contributed by atoms with Crippen LogP contribution in [0.2, 0.25) is 0 Å². The number of ether oxygens (including phenoxy) is 1. The van der Waals surface area contributed by atoms with E-state index in [0.717, 1.165) is 37.3 Å². The summed E-state index contributed by atoms with van der Waals surface area (Å²) in [6.07, 6.45) is 7.60. The smallest absolute Gasteiger partial charge is 0.259 e. The number of hydrogen-bond donors (Lipinski definition) is 0. The molecule has 8 heteroatoms. The van der Waals surface area contributed by atoms with Crippen molar-refractivity contribution in [3.63, 3.8) is 0 Å². The van der Waals surface area contributed by atoms with Gasteiger partial charge in [-0.1, -0.05) is 12.1 Å². The number of nitriles is 1. The van der Waals surface area contributed by atoms with Gasteiger partial charge < -0.3 is 14.5 Å². The average molecular weight is 476 g/mol. The second kappa shape index (κ2) is 8.97. The number of hydrogen-bond acceptors (Lipinski definition) is 6. The molecular weight excluding hydrogens is 446 g/mol. The highest BCUT2D eigenvalue weighted by Crippen LogP contribution is 2.48. The minimum absolute atomic E-state index is 0.0345. The first kappa shape index (κ1) is 22.8. The molecule has 2 saturated heterocycles. The maximum absolute atomic E-state index is 13.7.